The van der Waals surface area contributed by atoms with Gasteiger partial charge in [-0.1, -0.05) is 57.4 Å². The number of halogens is 1. The highest BCUT2D eigenvalue weighted by Gasteiger charge is 2.18. The summed E-state index contributed by atoms with van der Waals surface area (Å²) >= 11 is 3.64. The Morgan fingerprint density at radius 1 is 1.18 bits per heavy atom. The molecule has 3 heteroatoms. The summed E-state index contributed by atoms with van der Waals surface area (Å²) in [4.78, 5) is 0. The van der Waals surface area contributed by atoms with E-state index in [-0.39, 0.29) is 0 Å². The summed E-state index contributed by atoms with van der Waals surface area (Å²) in [6, 6.07) is 10.9. The van der Waals surface area contributed by atoms with Gasteiger partial charge >= 0.3 is 0 Å². The molecule has 2 aromatic rings. The fourth-order valence-electron chi connectivity index (χ4n) is 2.87. The van der Waals surface area contributed by atoms with Crippen LogP contribution in [-0.4, -0.2) is 9.78 Å². The first-order chi connectivity index (χ1) is 10.5. The van der Waals surface area contributed by atoms with E-state index in [0.717, 1.165) is 18.7 Å². The lowest BCUT2D eigenvalue weighted by atomic mass is 9.94. The van der Waals surface area contributed by atoms with Crippen LogP contribution in [0.4, 0.5) is 0 Å². The molecule has 0 bridgehead atoms. The van der Waals surface area contributed by atoms with E-state index in [1.165, 1.54) is 26.9 Å². The third-order valence-electron chi connectivity index (χ3n) is 4.10. The van der Waals surface area contributed by atoms with Crippen LogP contribution in [0.15, 0.2) is 52.5 Å². The molecule has 1 unspecified atom stereocenters. The van der Waals surface area contributed by atoms with Crippen LogP contribution in [0.1, 0.15) is 41.8 Å². The quantitative estimate of drug-likeness (QED) is 0.733. The van der Waals surface area contributed by atoms with Crippen molar-refractivity contribution in [2.24, 2.45) is 0 Å². The molecule has 1 heterocycles. The lowest BCUT2D eigenvalue weighted by Gasteiger charge is -2.15. The summed E-state index contributed by atoms with van der Waals surface area (Å²) < 4.78 is 3.36. The van der Waals surface area contributed by atoms with Crippen molar-refractivity contribution in [3.8, 4) is 0 Å². The number of benzene rings is 1. The zero-order chi connectivity index (χ0) is 15.7. The van der Waals surface area contributed by atoms with E-state index in [1.54, 1.807) is 0 Å². The van der Waals surface area contributed by atoms with E-state index in [2.05, 4.69) is 83.9 Å². The van der Waals surface area contributed by atoms with Crippen molar-refractivity contribution in [2.75, 3.05) is 0 Å². The van der Waals surface area contributed by atoms with Crippen LogP contribution >= 0.6 is 15.9 Å². The number of nitrogens with zero attached hydrogens (tertiary/aromatic N) is 2. The fraction of sp³-hybridized carbons (Fsp3) is 0.316. The summed E-state index contributed by atoms with van der Waals surface area (Å²) in [5.41, 5.74) is 6.26. The average molecular weight is 357 g/mol. The first-order valence-corrected chi connectivity index (χ1v) is 8.45. The molecular formula is C19H21BrN2. The van der Waals surface area contributed by atoms with Crippen LogP contribution in [0, 0.1) is 13.8 Å². The van der Waals surface area contributed by atoms with E-state index >= 15 is 0 Å². The zero-order valence-corrected chi connectivity index (χ0v) is 14.9. The van der Waals surface area contributed by atoms with Gasteiger partial charge in [0.25, 0.3) is 0 Å². The number of aryl methyl sites for hydroxylation is 2. The minimum Gasteiger partial charge on any atom is -0.265 e. The monoisotopic (exact) mass is 356 g/mol. The first kappa shape index (κ1) is 15.3. The van der Waals surface area contributed by atoms with Gasteiger partial charge in [0, 0.05) is 11.6 Å². The van der Waals surface area contributed by atoms with Crippen LogP contribution in [-0.2, 0) is 6.54 Å². The van der Waals surface area contributed by atoms with Crippen molar-refractivity contribution in [1.82, 2.24) is 9.78 Å². The second kappa shape index (κ2) is 6.25. The van der Waals surface area contributed by atoms with Gasteiger partial charge in [-0.2, -0.15) is 5.10 Å². The smallest absolute Gasteiger partial charge is 0.0699 e. The zero-order valence-electron chi connectivity index (χ0n) is 13.3. The van der Waals surface area contributed by atoms with Crippen molar-refractivity contribution in [3.63, 3.8) is 0 Å². The molecule has 3 rings (SSSR count). The standard InChI is InChI=1S/C19H21BrN2/c1-13-4-6-16(7-5-13)12-22-15(3)10-19(21-22)17-8-14(2)9-18(20)11-17/h4-10,17H,11-12H2,1-3H3. The molecule has 1 aliphatic rings. The van der Waals surface area contributed by atoms with Gasteiger partial charge in [-0.15, -0.1) is 0 Å². The number of rotatable bonds is 3. The molecule has 1 aromatic heterocycles. The van der Waals surface area contributed by atoms with E-state index in [4.69, 9.17) is 5.10 Å². The number of aromatic nitrogens is 2. The van der Waals surface area contributed by atoms with Crippen molar-refractivity contribution >= 4 is 15.9 Å². The molecule has 1 atom stereocenters. The van der Waals surface area contributed by atoms with Crippen molar-refractivity contribution in [3.05, 3.63) is 75.1 Å². The molecule has 0 saturated carbocycles. The second-order valence-electron chi connectivity index (χ2n) is 6.17. The Morgan fingerprint density at radius 3 is 2.59 bits per heavy atom. The lowest BCUT2D eigenvalue weighted by molar-refractivity contribution is 0.641. The third kappa shape index (κ3) is 3.41. The first-order valence-electron chi connectivity index (χ1n) is 7.65. The lowest BCUT2D eigenvalue weighted by Crippen LogP contribution is -2.06. The number of hydrogen-bond donors (Lipinski definition) is 0. The molecule has 0 spiro atoms. The SMILES string of the molecule is CC1=CC(c2cc(C)n(Cc3ccc(C)cc3)n2)CC(Br)=C1. The Hall–Kier alpha value is -1.61. The maximum absolute atomic E-state index is 4.84. The summed E-state index contributed by atoms with van der Waals surface area (Å²) in [7, 11) is 0. The van der Waals surface area contributed by atoms with Gasteiger partial charge in [0.05, 0.1) is 12.2 Å². The molecule has 0 N–H and O–H groups in total. The van der Waals surface area contributed by atoms with Gasteiger partial charge in [0.15, 0.2) is 0 Å². The minimum absolute atomic E-state index is 0.373. The Balaban J connectivity index is 1.82. The summed E-state index contributed by atoms with van der Waals surface area (Å²) in [6.07, 6.45) is 5.49. The molecule has 1 aromatic carbocycles. The molecular weight excluding hydrogens is 336 g/mol. The van der Waals surface area contributed by atoms with Crippen molar-refractivity contribution in [1.29, 1.82) is 0 Å². The van der Waals surface area contributed by atoms with E-state index in [1.807, 2.05) is 0 Å². The summed E-state index contributed by atoms with van der Waals surface area (Å²) in [5.74, 6) is 0.373. The molecule has 0 aliphatic heterocycles. The Labute approximate surface area is 140 Å². The highest BCUT2D eigenvalue weighted by molar-refractivity contribution is 9.11. The summed E-state index contributed by atoms with van der Waals surface area (Å²) in [5, 5.41) is 4.84. The third-order valence-corrected chi connectivity index (χ3v) is 4.65. The molecule has 114 valence electrons. The normalized spacial score (nSPS) is 18.1. The van der Waals surface area contributed by atoms with Crippen LogP contribution in [0.2, 0.25) is 0 Å². The maximum atomic E-state index is 4.84. The predicted molar refractivity (Wildman–Crippen MR) is 95.4 cm³/mol. The van der Waals surface area contributed by atoms with Crippen molar-refractivity contribution < 1.29 is 0 Å². The molecule has 1 aliphatic carbocycles. The molecule has 2 nitrogen and oxygen atoms in total. The average Bonchev–Trinajstić information content (AvgIpc) is 2.82. The van der Waals surface area contributed by atoms with Gasteiger partial charge in [-0.25, -0.2) is 0 Å². The fourth-order valence-corrected chi connectivity index (χ4v) is 3.58. The Bertz CT molecular complexity index is 735. The highest BCUT2D eigenvalue weighted by atomic mass is 79.9. The molecule has 0 fully saturated rings. The van der Waals surface area contributed by atoms with Crippen LogP contribution in [0.5, 0.6) is 0 Å². The maximum Gasteiger partial charge on any atom is 0.0699 e. The Morgan fingerprint density at radius 2 is 1.91 bits per heavy atom. The second-order valence-corrected chi connectivity index (χ2v) is 7.18. The minimum atomic E-state index is 0.373. The number of allylic oxidation sites excluding steroid dienone is 4. The molecule has 22 heavy (non-hydrogen) atoms. The topological polar surface area (TPSA) is 17.8 Å². The number of hydrogen-bond acceptors (Lipinski definition) is 1. The molecule has 0 amide bonds. The van der Waals surface area contributed by atoms with E-state index in [9.17, 15) is 0 Å². The largest absolute Gasteiger partial charge is 0.265 e. The van der Waals surface area contributed by atoms with Crippen LogP contribution in [0.25, 0.3) is 0 Å². The molecule has 0 radical (unpaired) electrons. The van der Waals surface area contributed by atoms with Gasteiger partial charge in [0.1, 0.15) is 0 Å². The van der Waals surface area contributed by atoms with Gasteiger partial charge in [0.2, 0.25) is 0 Å². The van der Waals surface area contributed by atoms with Gasteiger partial charge in [-0.3, -0.25) is 4.68 Å². The highest BCUT2D eigenvalue weighted by Crippen LogP contribution is 2.33. The van der Waals surface area contributed by atoms with Crippen LogP contribution < -0.4 is 0 Å². The van der Waals surface area contributed by atoms with E-state index in [0.29, 0.717) is 5.92 Å². The van der Waals surface area contributed by atoms with Gasteiger partial charge < -0.3 is 0 Å². The van der Waals surface area contributed by atoms with Gasteiger partial charge in [-0.05, 0) is 49.4 Å². The molecule has 0 saturated heterocycles. The predicted octanol–water partition coefficient (Wildman–Crippen LogP) is 5.26. The summed E-state index contributed by atoms with van der Waals surface area (Å²) in [6.45, 7) is 7.22. The Kier molecular flexibility index (Phi) is 4.34. The van der Waals surface area contributed by atoms with Crippen LogP contribution in [0.3, 0.4) is 0 Å². The van der Waals surface area contributed by atoms with E-state index < -0.39 is 0 Å². The van der Waals surface area contributed by atoms with Crippen molar-refractivity contribution in [2.45, 2.75) is 39.7 Å².